The van der Waals surface area contributed by atoms with Crippen molar-refractivity contribution in [2.75, 3.05) is 19.8 Å². The molecule has 2 heterocycles. The first-order valence-corrected chi connectivity index (χ1v) is 7.03. The summed E-state index contributed by atoms with van der Waals surface area (Å²) in [5.41, 5.74) is 2.63. The second kappa shape index (κ2) is 6.34. The molecule has 1 saturated heterocycles. The minimum Gasteiger partial charge on any atom is -0.381 e. The lowest BCUT2D eigenvalue weighted by atomic mass is 9.87. The predicted molar refractivity (Wildman–Crippen MR) is 72.5 cm³/mol. The molecule has 0 radical (unpaired) electrons. The second-order valence-corrected chi connectivity index (χ2v) is 5.19. The van der Waals surface area contributed by atoms with Gasteiger partial charge in [-0.05, 0) is 38.6 Å². The number of aromatic nitrogens is 2. The number of hydrogen-bond acceptors (Lipinski definition) is 3. The van der Waals surface area contributed by atoms with Crippen LogP contribution in [0.1, 0.15) is 43.5 Å². The van der Waals surface area contributed by atoms with Gasteiger partial charge in [0.15, 0.2) is 0 Å². The predicted octanol–water partition coefficient (Wildman–Crippen LogP) is 2.20. The van der Waals surface area contributed by atoms with Crippen molar-refractivity contribution < 1.29 is 4.74 Å². The number of ether oxygens (including phenoxy) is 1. The fraction of sp³-hybridized carbons (Fsp3) is 0.786. The molecule has 2 rings (SSSR count). The van der Waals surface area contributed by atoms with Crippen molar-refractivity contribution in [1.29, 1.82) is 0 Å². The first-order valence-electron chi connectivity index (χ1n) is 7.03. The molecule has 1 aromatic rings. The molecule has 1 aliphatic rings. The van der Waals surface area contributed by atoms with E-state index in [9.17, 15) is 0 Å². The van der Waals surface area contributed by atoms with Crippen LogP contribution in [0.25, 0.3) is 0 Å². The average Bonchev–Trinajstić information content (AvgIpc) is 2.73. The number of rotatable bonds is 5. The monoisotopic (exact) mass is 251 g/mol. The SMILES string of the molecule is CCCNC(c1cnn(C)c1C)C1CCOCC1. The third kappa shape index (κ3) is 2.93. The normalized spacial score (nSPS) is 19.1. The maximum absolute atomic E-state index is 5.48. The van der Waals surface area contributed by atoms with E-state index < -0.39 is 0 Å². The molecule has 1 N–H and O–H groups in total. The molecule has 102 valence electrons. The molecule has 0 amide bonds. The molecule has 0 aromatic carbocycles. The smallest absolute Gasteiger partial charge is 0.0540 e. The summed E-state index contributed by atoms with van der Waals surface area (Å²) in [6.45, 7) is 7.23. The zero-order valence-electron chi connectivity index (χ0n) is 11.8. The minimum atomic E-state index is 0.433. The van der Waals surface area contributed by atoms with Crippen LogP contribution in [0, 0.1) is 12.8 Å². The minimum absolute atomic E-state index is 0.433. The Morgan fingerprint density at radius 2 is 2.22 bits per heavy atom. The van der Waals surface area contributed by atoms with Crippen molar-refractivity contribution >= 4 is 0 Å². The third-order valence-corrected chi connectivity index (χ3v) is 3.96. The van der Waals surface area contributed by atoms with Gasteiger partial charge in [-0.25, -0.2) is 0 Å². The second-order valence-electron chi connectivity index (χ2n) is 5.19. The van der Waals surface area contributed by atoms with Gasteiger partial charge in [0.1, 0.15) is 0 Å². The van der Waals surface area contributed by atoms with Crippen LogP contribution in [0.4, 0.5) is 0 Å². The molecule has 1 aliphatic heterocycles. The molecular formula is C14H25N3O. The van der Waals surface area contributed by atoms with Gasteiger partial charge in [-0.2, -0.15) is 5.10 Å². The van der Waals surface area contributed by atoms with Gasteiger partial charge in [0.05, 0.1) is 6.20 Å². The fourth-order valence-corrected chi connectivity index (χ4v) is 2.70. The Bertz CT molecular complexity index is 369. The molecule has 4 heteroatoms. The van der Waals surface area contributed by atoms with Crippen LogP contribution in [0.3, 0.4) is 0 Å². The van der Waals surface area contributed by atoms with E-state index >= 15 is 0 Å². The van der Waals surface area contributed by atoms with E-state index in [0.29, 0.717) is 12.0 Å². The third-order valence-electron chi connectivity index (χ3n) is 3.96. The zero-order chi connectivity index (χ0) is 13.0. The quantitative estimate of drug-likeness (QED) is 0.872. The van der Waals surface area contributed by atoms with Crippen LogP contribution in [0.15, 0.2) is 6.20 Å². The highest BCUT2D eigenvalue weighted by Crippen LogP contribution is 2.31. The molecular weight excluding hydrogens is 226 g/mol. The van der Waals surface area contributed by atoms with Gasteiger partial charge in [-0.1, -0.05) is 6.92 Å². The molecule has 1 aromatic heterocycles. The highest BCUT2D eigenvalue weighted by molar-refractivity contribution is 5.21. The molecule has 4 nitrogen and oxygen atoms in total. The summed E-state index contributed by atoms with van der Waals surface area (Å²) in [6, 6.07) is 0.433. The summed E-state index contributed by atoms with van der Waals surface area (Å²) in [5, 5.41) is 8.09. The van der Waals surface area contributed by atoms with Gasteiger partial charge >= 0.3 is 0 Å². The van der Waals surface area contributed by atoms with Crippen molar-refractivity contribution in [3.63, 3.8) is 0 Å². The van der Waals surface area contributed by atoms with Gasteiger partial charge in [0.2, 0.25) is 0 Å². The molecule has 18 heavy (non-hydrogen) atoms. The highest BCUT2D eigenvalue weighted by Gasteiger charge is 2.27. The Morgan fingerprint density at radius 1 is 1.50 bits per heavy atom. The maximum atomic E-state index is 5.48. The molecule has 1 unspecified atom stereocenters. The lowest BCUT2D eigenvalue weighted by Gasteiger charge is -2.31. The fourth-order valence-electron chi connectivity index (χ4n) is 2.70. The van der Waals surface area contributed by atoms with E-state index in [-0.39, 0.29) is 0 Å². The average molecular weight is 251 g/mol. The van der Waals surface area contributed by atoms with E-state index in [2.05, 4.69) is 24.3 Å². The summed E-state index contributed by atoms with van der Waals surface area (Å²) in [6.07, 6.45) is 5.49. The summed E-state index contributed by atoms with van der Waals surface area (Å²) in [4.78, 5) is 0. The number of aryl methyl sites for hydroxylation is 1. The Hall–Kier alpha value is -0.870. The van der Waals surface area contributed by atoms with Crippen LogP contribution in [-0.4, -0.2) is 29.5 Å². The van der Waals surface area contributed by atoms with Crippen LogP contribution >= 0.6 is 0 Å². The van der Waals surface area contributed by atoms with E-state index in [4.69, 9.17) is 4.74 Å². The van der Waals surface area contributed by atoms with Crippen molar-refractivity contribution in [2.45, 2.75) is 39.2 Å². The molecule has 0 bridgehead atoms. The van der Waals surface area contributed by atoms with Crippen molar-refractivity contribution in [3.05, 3.63) is 17.5 Å². The molecule has 0 saturated carbocycles. The van der Waals surface area contributed by atoms with Gasteiger partial charge in [-0.3, -0.25) is 4.68 Å². The summed E-state index contributed by atoms with van der Waals surface area (Å²) in [7, 11) is 2.01. The van der Waals surface area contributed by atoms with E-state index in [1.165, 1.54) is 17.7 Å². The number of nitrogens with zero attached hydrogens (tertiary/aromatic N) is 2. The van der Waals surface area contributed by atoms with Crippen LogP contribution in [-0.2, 0) is 11.8 Å². The Morgan fingerprint density at radius 3 is 2.78 bits per heavy atom. The highest BCUT2D eigenvalue weighted by atomic mass is 16.5. The largest absolute Gasteiger partial charge is 0.381 e. The maximum Gasteiger partial charge on any atom is 0.0540 e. The van der Waals surface area contributed by atoms with E-state index in [0.717, 1.165) is 32.6 Å². The summed E-state index contributed by atoms with van der Waals surface area (Å²) >= 11 is 0. The number of hydrogen-bond donors (Lipinski definition) is 1. The lowest BCUT2D eigenvalue weighted by molar-refractivity contribution is 0.0535. The topological polar surface area (TPSA) is 39.1 Å². The molecule has 1 fully saturated rings. The van der Waals surface area contributed by atoms with Gasteiger partial charge < -0.3 is 10.1 Å². The van der Waals surface area contributed by atoms with E-state index in [1.54, 1.807) is 0 Å². The first-order chi connectivity index (χ1) is 8.74. The van der Waals surface area contributed by atoms with Crippen LogP contribution < -0.4 is 5.32 Å². The van der Waals surface area contributed by atoms with Gasteiger partial charge in [-0.15, -0.1) is 0 Å². The molecule has 1 atom stereocenters. The Labute approximate surface area is 110 Å². The van der Waals surface area contributed by atoms with Crippen molar-refractivity contribution in [2.24, 2.45) is 13.0 Å². The van der Waals surface area contributed by atoms with E-state index in [1.807, 2.05) is 17.9 Å². The zero-order valence-corrected chi connectivity index (χ0v) is 11.8. The summed E-state index contributed by atoms with van der Waals surface area (Å²) in [5.74, 6) is 0.674. The van der Waals surface area contributed by atoms with Gasteiger partial charge in [0.25, 0.3) is 0 Å². The van der Waals surface area contributed by atoms with Crippen molar-refractivity contribution in [1.82, 2.24) is 15.1 Å². The molecule has 0 spiro atoms. The standard InChI is InChI=1S/C14H25N3O/c1-4-7-15-14(12-5-8-18-9-6-12)13-10-16-17(3)11(13)2/h10,12,14-15H,4-9H2,1-3H3. The number of nitrogens with one attached hydrogen (secondary N) is 1. The Kier molecular flexibility index (Phi) is 4.78. The molecule has 0 aliphatic carbocycles. The summed E-state index contributed by atoms with van der Waals surface area (Å²) < 4.78 is 7.44. The Balaban J connectivity index is 2.15. The van der Waals surface area contributed by atoms with Crippen LogP contribution in [0.5, 0.6) is 0 Å². The first kappa shape index (κ1) is 13.6. The van der Waals surface area contributed by atoms with Gasteiger partial charge in [0, 0.05) is 37.6 Å². The van der Waals surface area contributed by atoms with Crippen molar-refractivity contribution in [3.8, 4) is 0 Å². The lowest BCUT2D eigenvalue weighted by Crippen LogP contribution is -2.33. The van der Waals surface area contributed by atoms with Crippen LogP contribution in [0.2, 0.25) is 0 Å².